The number of benzene rings is 1. The van der Waals surface area contributed by atoms with Crippen molar-refractivity contribution in [3.05, 3.63) is 41.3 Å². The minimum atomic E-state index is -0.434. The first kappa shape index (κ1) is 18.4. The number of imide groups is 1. The first-order valence-electron chi connectivity index (χ1n) is 8.69. The average Bonchev–Trinajstić information content (AvgIpc) is 3.08. The molecule has 0 aromatic heterocycles. The van der Waals surface area contributed by atoms with Gasteiger partial charge in [0.05, 0.1) is 6.54 Å². The van der Waals surface area contributed by atoms with Crippen LogP contribution < -0.4 is 5.32 Å². The van der Waals surface area contributed by atoms with Crippen molar-refractivity contribution >= 4 is 41.0 Å². The summed E-state index contributed by atoms with van der Waals surface area (Å²) < 4.78 is 1.42. The van der Waals surface area contributed by atoms with Gasteiger partial charge in [-0.15, -0.1) is 11.8 Å². The summed E-state index contributed by atoms with van der Waals surface area (Å²) in [5.74, 6) is -0.478. The van der Waals surface area contributed by atoms with Gasteiger partial charge in [0.25, 0.3) is 5.91 Å². The lowest BCUT2D eigenvalue weighted by Crippen LogP contribution is -2.56. The number of hydrogen-bond donors (Lipinski definition) is 1. The lowest BCUT2D eigenvalue weighted by molar-refractivity contribution is -0.425. The number of carbonyl (C=O) groups excluding carboxylic acids is 3. The number of urea groups is 1. The number of fused-ring (bicyclic) bond motifs is 1. The van der Waals surface area contributed by atoms with Crippen molar-refractivity contribution in [3.8, 4) is 0 Å². The van der Waals surface area contributed by atoms with Gasteiger partial charge in [0.1, 0.15) is 5.71 Å². The molecular weight excluding hydrogens is 350 g/mol. The smallest absolute Gasteiger partial charge is 0.323 e. The maximum Gasteiger partial charge on any atom is 0.501 e. The number of carbonyl (C=O) groups is 3. The summed E-state index contributed by atoms with van der Waals surface area (Å²) in [5, 5.41) is 4.19. The molecule has 0 spiro atoms. The third-order valence-corrected chi connectivity index (χ3v) is 5.33. The highest BCUT2D eigenvalue weighted by Crippen LogP contribution is 2.28. The van der Waals surface area contributed by atoms with E-state index in [9.17, 15) is 14.4 Å². The van der Waals surface area contributed by atoms with Crippen LogP contribution in [0.25, 0.3) is 0 Å². The number of hydrogen-bond acceptors (Lipinski definition) is 4. The van der Waals surface area contributed by atoms with E-state index in [4.69, 9.17) is 0 Å². The molecule has 1 aromatic rings. The van der Waals surface area contributed by atoms with Crippen LogP contribution in [0.4, 0.5) is 10.5 Å². The van der Waals surface area contributed by atoms with Crippen LogP contribution in [0.2, 0.25) is 0 Å². The fraction of sp³-hybridized carbons (Fsp3) is 0.368. The Morgan fingerprint density at radius 2 is 2.15 bits per heavy atom. The van der Waals surface area contributed by atoms with E-state index in [1.54, 1.807) is 17.6 Å². The van der Waals surface area contributed by atoms with Crippen LogP contribution in [0.1, 0.15) is 25.3 Å². The molecule has 0 saturated heterocycles. The zero-order valence-corrected chi connectivity index (χ0v) is 15.7. The summed E-state index contributed by atoms with van der Waals surface area (Å²) in [7, 11) is 0. The van der Waals surface area contributed by atoms with Crippen LogP contribution in [-0.2, 0) is 9.59 Å². The minimum absolute atomic E-state index is 0.112. The molecule has 0 radical (unpaired) electrons. The average molecular weight is 372 g/mol. The number of allylic oxidation sites excluding steroid dienone is 1. The second kappa shape index (κ2) is 7.86. The maximum atomic E-state index is 12.8. The van der Waals surface area contributed by atoms with Crippen LogP contribution in [0.15, 0.2) is 35.7 Å². The molecule has 2 aliphatic heterocycles. The van der Waals surface area contributed by atoms with Gasteiger partial charge in [-0.25, -0.2) is 4.79 Å². The molecule has 6 nitrogen and oxygen atoms in total. The zero-order chi connectivity index (χ0) is 18.7. The summed E-state index contributed by atoms with van der Waals surface area (Å²) in [4.78, 5) is 39.1. The van der Waals surface area contributed by atoms with Crippen LogP contribution in [0.3, 0.4) is 0 Å². The van der Waals surface area contributed by atoms with Gasteiger partial charge < -0.3 is 5.32 Å². The molecule has 0 aliphatic carbocycles. The lowest BCUT2D eigenvalue weighted by Gasteiger charge is -2.24. The molecule has 26 heavy (non-hydrogen) atoms. The molecule has 3 rings (SSSR count). The van der Waals surface area contributed by atoms with E-state index in [1.807, 2.05) is 32.0 Å². The Balaban J connectivity index is 1.80. The van der Waals surface area contributed by atoms with Crippen LogP contribution in [-0.4, -0.2) is 51.4 Å². The Kier molecular flexibility index (Phi) is 5.56. The molecule has 1 aromatic carbocycles. The van der Waals surface area contributed by atoms with Crippen LogP contribution >= 0.6 is 11.8 Å². The van der Waals surface area contributed by atoms with E-state index >= 15 is 0 Å². The molecule has 0 fully saturated rings. The second-order valence-corrected chi connectivity index (χ2v) is 7.39. The molecule has 1 atom stereocenters. The van der Waals surface area contributed by atoms with E-state index in [0.29, 0.717) is 17.9 Å². The molecule has 1 unspecified atom stereocenters. The number of anilines is 1. The minimum Gasteiger partial charge on any atom is -0.323 e. The standard InChI is InChI=1S/C19H21N3O3S/c1-3-4-9-21-18(24)17-15(8-10-26-17)22(19(21)25)12-16(23)20-14-7-5-6-13(2)11-14/h5-8,10-11,17H,3-4,9,12H2,1-2H3/p+1. The van der Waals surface area contributed by atoms with Gasteiger partial charge in [-0.3, -0.25) is 4.79 Å². The fourth-order valence-corrected chi connectivity index (χ4v) is 3.96. The number of nitrogens with one attached hydrogen (secondary N) is 1. The quantitative estimate of drug-likeness (QED) is 0.780. The number of thioether (sulfide) groups is 1. The van der Waals surface area contributed by atoms with Crippen molar-refractivity contribution < 1.29 is 19.0 Å². The highest BCUT2D eigenvalue weighted by Gasteiger charge is 2.48. The zero-order valence-electron chi connectivity index (χ0n) is 14.9. The van der Waals surface area contributed by atoms with E-state index < -0.39 is 11.3 Å². The van der Waals surface area contributed by atoms with Gasteiger partial charge in [0.2, 0.25) is 0 Å². The molecule has 0 saturated carbocycles. The molecular formula is C19H22N3O3S+. The molecule has 1 N–H and O–H groups in total. The first-order chi connectivity index (χ1) is 12.5. The van der Waals surface area contributed by atoms with Crippen molar-refractivity contribution in [2.45, 2.75) is 31.9 Å². The topological polar surface area (TPSA) is 69.5 Å². The monoisotopic (exact) mass is 372 g/mol. The van der Waals surface area contributed by atoms with Gasteiger partial charge in [0, 0.05) is 5.69 Å². The normalized spacial score (nSPS) is 19.2. The third kappa shape index (κ3) is 3.72. The highest BCUT2D eigenvalue weighted by molar-refractivity contribution is 8.04. The highest BCUT2D eigenvalue weighted by atomic mass is 32.2. The third-order valence-electron chi connectivity index (χ3n) is 4.32. The molecule has 0 bridgehead atoms. The lowest BCUT2D eigenvalue weighted by atomic mass is 10.1. The largest absolute Gasteiger partial charge is 0.501 e. The van der Waals surface area contributed by atoms with Crippen molar-refractivity contribution in [3.63, 3.8) is 0 Å². The van der Waals surface area contributed by atoms with E-state index in [2.05, 4.69) is 5.32 Å². The maximum absolute atomic E-state index is 12.8. The SMILES string of the molecule is CCCCN1C(=O)C2SC=CC2=[N+](CC(=O)Nc2cccc(C)c2)C1=O. The van der Waals surface area contributed by atoms with Crippen molar-refractivity contribution in [1.82, 2.24) is 4.90 Å². The molecule has 2 heterocycles. The Bertz CT molecular complexity index is 816. The Morgan fingerprint density at radius 1 is 1.35 bits per heavy atom. The summed E-state index contributed by atoms with van der Waals surface area (Å²) in [5.41, 5.74) is 2.33. The van der Waals surface area contributed by atoms with Gasteiger partial charge in [-0.2, -0.15) is 14.3 Å². The van der Waals surface area contributed by atoms with Gasteiger partial charge in [-0.1, -0.05) is 25.5 Å². The summed E-state index contributed by atoms with van der Waals surface area (Å²) >= 11 is 1.38. The van der Waals surface area contributed by atoms with E-state index in [0.717, 1.165) is 18.4 Å². The molecule has 136 valence electrons. The van der Waals surface area contributed by atoms with Crippen LogP contribution in [0.5, 0.6) is 0 Å². The van der Waals surface area contributed by atoms with Gasteiger partial charge >= 0.3 is 11.9 Å². The predicted molar refractivity (Wildman–Crippen MR) is 102 cm³/mol. The second-order valence-electron chi connectivity index (χ2n) is 6.37. The van der Waals surface area contributed by atoms with Gasteiger partial charge in [-0.05, 0) is 42.5 Å². The van der Waals surface area contributed by atoms with E-state index in [1.165, 1.54) is 21.2 Å². The van der Waals surface area contributed by atoms with Crippen molar-refractivity contribution in [2.75, 3.05) is 18.4 Å². The predicted octanol–water partition coefficient (Wildman–Crippen LogP) is 2.78. The number of amides is 4. The van der Waals surface area contributed by atoms with Crippen LogP contribution in [0, 0.1) is 6.92 Å². The van der Waals surface area contributed by atoms with E-state index in [-0.39, 0.29) is 18.4 Å². The summed E-state index contributed by atoms with van der Waals surface area (Å²) in [6.45, 7) is 4.23. The van der Waals surface area contributed by atoms with Crippen molar-refractivity contribution in [1.29, 1.82) is 0 Å². The summed E-state index contributed by atoms with van der Waals surface area (Å²) in [6.07, 6.45) is 3.39. The molecule has 2 aliphatic rings. The number of nitrogens with zero attached hydrogens (tertiary/aromatic N) is 2. The summed E-state index contributed by atoms with van der Waals surface area (Å²) in [6, 6.07) is 7.07. The first-order valence-corrected chi connectivity index (χ1v) is 9.63. The molecule has 4 amide bonds. The number of rotatable bonds is 6. The Labute approximate surface area is 156 Å². The molecule has 7 heteroatoms. The van der Waals surface area contributed by atoms with Crippen molar-refractivity contribution in [2.24, 2.45) is 0 Å². The Morgan fingerprint density at radius 3 is 2.88 bits per heavy atom. The number of aryl methyl sites for hydroxylation is 1. The fourth-order valence-electron chi connectivity index (χ4n) is 3.00. The number of unbranched alkanes of at least 4 members (excludes halogenated alkanes) is 1. The Hall–Kier alpha value is -2.41. The van der Waals surface area contributed by atoms with Gasteiger partial charge in [0.15, 0.2) is 11.8 Å².